The lowest BCUT2D eigenvalue weighted by atomic mass is 9.89. The highest BCUT2D eigenvalue weighted by molar-refractivity contribution is 8.77. The molecule has 49 heavy (non-hydrogen) atoms. The summed E-state index contributed by atoms with van der Waals surface area (Å²) >= 11 is 0. The van der Waals surface area contributed by atoms with E-state index in [1.807, 2.05) is 13.8 Å². The van der Waals surface area contributed by atoms with E-state index in [9.17, 15) is 28.3 Å². The van der Waals surface area contributed by atoms with E-state index in [4.69, 9.17) is 19.3 Å². The molecule has 3 aliphatic rings. The van der Waals surface area contributed by atoms with Gasteiger partial charge in [0.25, 0.3) is 0 Å². The number of phosphoric ester groups is 1. The molecule has 0 bridgehead atoms. The van der Waals surface area contributed by atoms with E-state index >= 15 is 8.63 Å². The lowest BCUT2D eigenvalue weighted by Crippen LogP contribution is -2.50. The number of nitrogens with one attached hydrogen (secondary N) is 1. The minimum atomic E-state index is -5.64. The number of rotatable bonds is 17. The zero-order valence-corrected chi connectivity index (χ0v) is 31.4. The van der Waals surface area contributed by atoms with Crippen LogP contribution in [0.1, 0.15) is 51.9 Å². The Labute approximate surface area is 290 Å². The average Bonchev–Trinajstić information content (AvgIpc) is 3.60. The largest absolute Gasteiger partial charge is 0.737 e. The summed E-state index contributed by atoms with van der Waals surface area (Å²) in [4.78, 5) is 49.0. The molecule has 0 spiro atoms. The number of hydrogen-bond donors (Lipinski definition) is 5. The van der Waals surface area contributed by atoms with Gasteiger partial charge < -0.3 is 52.0 Å². The Hall–Kier alpha value is -1.08. The maximum atomic E-state index is 15.6. The molecule has 4 rings (SSSR count). The standard InChI is InChI=1S/C24H38B2F2N3O13P3S2/c1-15-9-16(2)30-19(15)10-18-6-5-17(31(18)26(30,27)28)7-8-23(32)29-13-24(3,4)49-48-14-40-20-11-22(25)42-21(20)12-41-46(36,37)44-47(38,39)43-45(33,34)35/h5-6,9-10,20-22H,7-8,11-14,25H2,1-4H3,(H,29,32)(H,36,37)(H,38,39)(H2,33,34,35)/t20?,21-,22-/m1/s1. The number of fused-ring (bicyclic) bond motifs is 2. The Morgan fingerprint density at radius 1 is 1.16 bits per heavy atom. The van der Waals surface area contributed by atoms with Gasteiger partial charge in [-0.15, -0.1) is 0 Å². The lowest BCUT2D eigenvalue weighted by molar-refractivity contribution is -0.362. The number of amides is 1. The van der Waals surface area contributed by atoms with Crippen molar-refractivity contribution in [2.75, 3.05) is 19.1 Å². The van der Waals surface area contributed by atoms with Crippen molar-refractivity contribution in [1.29, 1.82) is 0 Å². The Bertz CT molecular complexity index is 1690. The molecule has 0 aromatic carbocycles. The molecule has 4 heterocycles. The highest BCUT2D eigenvalue weighted by Gasteiger charge is 2.52. The van der Waals surface area contributed by atoms with E-state index in [0.29, 0.717) is 29.2 Å². The van der Waals surface area contributed by atoms with E-state index < -0.39 is 54.0 Å². The van der Waals surface area contributed by atoms with Crippen molar-refractivity contribution in [3.8, 4) is 0 Å². The van der Waals surface area contributed by atoms with Crippen LogP contribution < -0.4 is 5.32 Å². The van der Waals surface area contributed by atoms with E-state index in [2.05, 4.69) is 18.5 Å². The van der Waals surface area contributed by atoms with Crippen molar-refractivity contribution in [2.45, 2.75) is 69.9 Å². The molecule has 1 aromatic rings. The zero-order chi connectivity index (χ0) is 36.6. The van der Waals surface area contributed by atoms with Crippen LogP contribution in [0.4, 0.5) is 8.63 Å². The van der Waals surface area contributed by atoms with Gasteiger partial charge in [0.2, 0.25) is 5.91 Å². The normalized spacial score (nSPS) is 24.5. The van der Waals surface area contributed by atoms with Gasteiger partial charge in [0.15, 0.2) is 5.70 Å². The number of carbonyl (C=O) groups is 1. The SMILES string of the molecule is B[C@H]1CC(OCSSC(C)(C)CNC(=O)CCc2ccc3n2[B-](F)(F)[N+]2=C(C)C=C(C)C2=C3)[C@@H](COP(=O)(O)OP(=O)(O)OP(=O)(O)O)O1. The summed E-state index contributed by atoms with van der Waals surface area (Å²) in [6.07, 6.45) is 2.51. The molecule has 0 saturated carbocycles. The summed E-state index contributed by atoms with van der Waals surface area (Å²) in [5.41, 5.74) is 2.50. The van der Waals surface area contributed by atoms with Gasteiger partial charge in [-0.1, -0.05) is 21.6 Å². The van der Waals surface area contributed by atoms with Crippen molar-refractivity contribution < 1.29 is 73.8 Å². The number of carbonyl (C=O) groups excluding carboxylic acids is 1. The number of ether oxygens (including phenoxy) is 2. The lowest BCUT2D eigenvalue weighted by Gasteiger charge is -2.31. The molecule has 1 amide bonds. The fourth-order valence-corrected chi connectivity index (χ4v) is 10.8. The van der Waals surface area contributed by atoms with Crippen LogP contribution >= 0.6 is 45.1 Å². The number of halogens is 2. The predicted molar refractivity (Wildman–Crippen MR) is 182 cm³/mol. The zero-order valence-electron chi connectivity index (χ0n) is 27.1. The van der Waals surface area contributed by atoms with Gasteiger partial charge in [0.05, 0.1) is 12.7 Å². The van der Waals surface area contributed by atoms with E-state index in [-0.39, 0.29) is 37.2 Å². The van der Waals surface area contributed by atoms with Crippen molar-refractivity contribution in [3.05, 3.63) is 40.9 Å². The Morgan fingerprint density at radius 3 is 2.53 bits per heavy atom. The molecule has 3 unspecified atom stereocenters. The number of allylic oxidation sites excluding steroid dienone is 2. The molecule has 0 aliphatic carbocycles. The first kappa shape index (κ1) is 40.7. The number of nitrogens with zero attached hydrogens (tertiary/aromatic N) is 2. The van der Waals surface area contributed by atoms with Gasteiger partial charge in [-0.05, 0) is 51.4 Å². The maximum Gasteiger partial charge on any atom is 0.737 e. The second-order valence-electron chi connectivity index (χ2n) is 12.2. The Kier molecular flexibility index (Phi) is 12.9. The molecule has 5 N–H and O–H groups in total. The summed E-state index contributed by atoms with van der Waals surface area (Å²) in [5, 5.41) is 2.86. The second-order valence-corrected chi connectivity index (χ2v) is 19.6. The van der Waals surface area contributed by atoms with Crippen molar-refractivity contribution in [1.82, 2.24) is 9.79 Å². The number of aromatic nitrogens is 1. The fraction of sp³-hybridized carbons (Fsp3) is 0.583. The van der Waals surface area contributed by atoms with Gasteiger partial charge in [0, 0.05) is 54.1 Å². The number of aryl methyl sites for hydroxylation is 1. The summed E-state index contributed by atoms with van der Waals surface area (Å²) in [6, 6.07) is 2.94. The number of hydrogen-bond acceptors (Lipinski definition) is 11. The van der Waals surface area contributed by atoms with Crippen molar-refractivity contribution in [3.63, 3.8) is 0 Å². The molecule has 25 heteroatoms. The van der Waals surface area contributed by atoms with Gasteiger partial charge in [0.1, 0.15) is 25.6 Å². The summed E-state index contributed by atoms with van der Waals surface area (Å²) in [5.74, 6) is -0.145. The molecule has 16 nitrogen and oxygen atoms in total. The van der Waals surface area contributed by atoms with Crippen LogP contribution in [0.5, 0.6) is 0 Å². The minimum absolute atomic E-state index is 0.0187. The highest BCUT2D eigenvalue weighted by atomic mass is 33.1. The third-order valence-corrected chi connectivity index (χ3v) is 14.3. The van der Waals surface area contributed by atoms with Crippen LogP contribution in [0, 0.1) is 0 Å². The summed E-state index contributed by atoms with van der Waals surface area (Å²) in [6.45, 7) is 2.80. The third-order valence-electron chi connectivity index (χ3n) is 7.55. The van der Waals surface area contributed by atoms with Gasteiger partial charge >= 0.3 is 30.4 Å². The topological polar surface area (TPSA) is 215 Å². The van der Waals surface area contributed by atoms with Crippen LogP contribution in [0.3, 0.4) is 0 Å². The maximum absolute atomic E-state index is 15.6. The molecule has 274 valence electrons. The van der Waals surface area contributed by atoms with Crippen LogP contribution in [0.25, 0.3) is 6.08 Å². The smallest absolute Gasteiger partial charge is 0.394 e. The van der Waals surface area contributed by atoms with Gasteiger partial charge in [-0.25, -0.2) is 13.7 Å². The first-order valence-corrected chi connectivity index (χ1v) is 21.7. The van der Waals surface area contributed by atoms with Crippen LogP contribution in [-0.2, 0) is 47.5 Å². The van der Waals surface area contributed by atoms with Crippen molar-refractivity contribution in [2.24, 2.45) is 0 Å². The first-order chi connectivity index (χ1) is 22.5. The number of phosphoric acid groups is 3. The van der Waals surface area contributed by atoms with Crippen LogP contribution in [-0.4, -0.2) is 97.0 Å². The highest BCUT2D eigenvalue weighted by Crippen LogP contribution is 2.66. The molecule has 5 atom stereocenters. The minimum Gasteiger partial charge on any atom is -0.394 e. The molecule has 1 fully saturated rings. The molecule has 0 radical (unpaired) electrons. The summed E-state index contributed by atoms with van der Waals surface area (Å²) in [7, 11) is -12.0. The predicted octanol–water partition coefficient (Wildman–Crippen LogP) is 3.14. The van der Waals surface area contributed by atoms with Crippen molar-refractivity contribution >= 4 is 77.6 Å². The van der Waals surface area contributed by atoms with Gasteiger partial charge in [-0.2, -0.15) is 8.62 Å². The first-order valence-electron chi connectivity index (χ1n) is 14.9. The van der Waals surface area contributed by atoms with E-state index in [1.54, 1.807) is 46.0 Å². The Balaban J connectivity index is 1.19. The summed E-state index contributed by atoms with van der Waals surface area (Å²) < 4.78 is 90.8. The van der Waals surface area contributed by atoms with Crippen LogP contribution in [0.15, 0.2) is 29.5 Å². The quantitative estimate of drug-likeness (QED) is 0.0504. The molecular weight excluding hydrogens is 755 g/mol. The molecule has 3 aliphatic heterocycles. The molecular formula is C24H38B2F2N3O13P3S2. The average molecular weight is 793 g/mol. The van der Waals surface area contributed by atoms with Gasteiger partial charge in [-0.3, -0.25) is 9.32 Å². The monoisotopic (exact) mass is 793 g/mol. The van der Waals surface area contributed by atoms with E-state index in [1.165, 1.54) is 21.6 Å². The molecule has 1 saturated heterocycles. The Morgan fingerprint density at radius 2 is 1.86 bits per heavy atom. The second kappa shape index (κ2) is 15.5. The fourth-order valence-electron chi connectivity index (χ4n) is 5.58. The van der Waals surface area contributed by atoms with Crippen LogP contribution in [0.2, 0.25) is 0 Å². The third kappa shape index (κ3) is 11.0. The van der Waals surface area contributed by atoms with E-state index in [0.717, 1.165) is 14.5 Å². The molecule has 1 aromatic heterocycles.